The van der Waals surface area contributed by atoms with Gasteiger partial charge in [0.15, 0.2) is 0 Å². The largest absolute Gasteiger partial charge is 0.207 e. The van der Waals surface area contributed by atoms with Gasteiger partial charge in [-0.1, -0.05) is 0 Å². The minimum atomic E-state index is -0.540. The molecule has 0 atom stereocenters. The van der Waals surface area contributed by atoms with E-state index in [4.69, 9.17) is 5.26 Å². The molecule has 0 aliphatic heterocycles. The fourth-order valence-corrected chi connectivity index (χ4v) is 2.49. The molecule has 0 saturated heterocycles. The van der Waals surface area contributed by atoms with Gasteiger partial charge in [0, 0.05) is 10.6 Å². The molecule has 0 unspecified atom stereocenters. The van der Waals surface area contributed by atoms with Crippen molar-refractivity contribution < 1.29 is 13.2 Å². The van der Waals surface area contributed by atoms with Gasteiger partial charge in [-0.15, -0.1) is 11.8 Å². The van der Waals surface area contributed by atoms with E-state index in [1.54, 1.807) is 0 Å². The second kappa shape index (κ2) is 5.81. The highest BCUT2D eigenvalue weighted by Crippen LogP contribution is 2.27. The molecule has 0 radical (unpaired) electrons. The van der Waals surface area contributed by atoms with Crippen LogP contribution in [0.5, 0.6) is 0 Å². The van der Waals surface area contributed by atoms with Crippen molar-refractivity contribution in [1.29, 1.82) is 5.26 Å². The van der Waals surface area contributed by atoms with Crippen molar-refractivity contribution >= 4 is 11.8 Å². The summed E-state index contributed by atoms with van der Waals surface area (Å²) >= 11 is 1.02. The Bertz CT molecular complexity index is 650. The molecule has 96 valence electrons. The number of hydrogen-bond acceptors (Lipinski definition) is 2. The predicted octanol–water partition coefficient (Wildman–Crippen LogP) is 4.27. The topological polar surface area (TPSA) is 23.8 Å². The molecule has 19 heavy (non-hydrogen) atoms. The molecule has 0 amide bonds. The van der Waals surface area contributed by atoms with Crippen LogP contribution in [0.4, 0.5) is 13.2 Å². The zero-order chi connectivity index (χ0) is 13.8. The minimum absolute atomic E-state index is 0.133. The number of thioether (sulfide) groups is 1. The van der Waals surface area contributed by atoms with E-state index in [0.29, 0.717) is 11.1 Å². The van der Waals surface area contributed by atoms with E-state index in [0.717, 1.165) is 30.0 Å². The number of halogens is 3. The van der Waals surface area contributed by atoms with Crippen molar-refractivity contribution in [2.45, 2.75) is 10.6 Å². The van der Waals surface area contributed by atoms with Crippen LogP contribution < -0.4 is 0 Å². The van der Waals surface area contributed by atoms with Gasteiger partial charge in [0.2, 0.25) is 0 Å². The van der Waals surface area contributed by atoms with Gasteiger partial charge >= 0.3 is 0 Å². The summed E-state index contributed by atoms with van der Waals surface area (Å²) in [5.74, 6) is -1.35. The first-order chi connectivity index (χ1) is 9.10. The van der Waals surface area contributed by atoms with Gasteiger partial charge in [-0.25, -0.2) is 13.2 Å². The van der Waals surface area contributed by atoms with E-state index >= 15 is 0 Å². The smallest absolute Gasteiger partial charge is 0.136 e. The van der Waals surface area contributed by atoms with Crippen molar-refractivity contribution in [2.75, 3.05) is 0 Å². The molecule has 0 spiro atoms. The minimum Gasteiger partial charge on any atom is -0.207 e. The third-order valence-electron chi connectivity index (χ3n) is 2.46. The fraction of sp³-hybridized carbons (Fsp3) is 0.0714. The highest BCUT2D eigenvalue weighted by molar-refractivity contribution is 7.98. The zero-order valence-electron chi connectivity index (χ0n) is 9.66. The van der Waals surface area contributed by atoms with E-state index in [1.165, 1.54) is 18.2 Å². The Morgan fingerprint density at radius 1 is 1.00 bits per heavy atom. The normalized spacial score (nSPS) is 10.2. The van der Waals surface area contributed by atoms with E-state index in [2.05, 4.69) is 0 Å². The maximum absolute atomic E-state index is 13.4. The van der Waals surface area contributed by atoms with Gasteiger partial charge in [0.1, 0.15) is 17.5 Å². The van der Waals surface area contributed by atoms with Crippen LogP contribution in [-0.2, 0) is 5.75 Å². The van der Waals surface area contributed by atoms with Crippen LogP contribution in [-0.4, -0.2) is 0 Å². The summed E-state index contributed by atoms with van der Waals surface area (Å²) < 4.78 is 39.5. The van der Waals surface area contributed by atoms with Crippen molar-refractivity contribution in [2.24, 2.45) is 0 Å². The molecule has 0 aliphatic carbocycles. The van der Waals surface area contributed by atoms with Crippen molar-refractivity contribution in [1.82, 2.24) is 0 Å². The Hall–Kier alpha value is -1.93. The third kappa shape index (κ3) is 3.30. The van der Waals surface area contributed by atoms with Gasteiger partial charge in [-0.05, 0) is 42.0 Å². The number of rotatable bonds is 3. The van der Waals surface area contributed by atoms with E-state index in [1.807, 2.05) is 6.07 Å². The quantitative estimate of drug-likeness (QED) is 0.783. The summed E-state index contributed by atoms with van der Waals surface area (Å²) in [5.41, 5.74) is 0.780. The first-order valence-electron chi connectivity index (χ1n) is 5.36. The Labute approximate surface area is 112 Å². The van der Waals surface area contributed by atoms with Gasteiger partial charge < -0.3 is 0 Å². The van der Waals surface area contributed by atoms with Crippen LogP contribution in [0.1, 0.15) is 11.1 Å². The highest BCUT2D eigenvalue weighted by Gasteiger charge is 2.08. The average molecular weight is 279 g/mol. The molecule has 0 aliphatic rings. The Balaban J connectivity index is 2.21. The van der Waals surface area contributed by atoms with Crippen molar-refractivity contribution in [3.05, 3.63) is 65.0 Å². The standard InChI is InChI=1S/C14H8F3NS/c15-11-2-1-9(7-18)10(5-11)8-19-14-6-12(16)3-4-13(14)17/h1-6H,8H2. The van der Waals surface area contributed by atoms with Crippen molar-refractivity contribution in [3.8, 4) is 6.07 Å². The summed E-state index contributed by atoms with van der Waals surface area (Å²) in [7, 11) is 0. The summed E-state index contributed by atoms with van der Waals surface area (Å²) in [6.45, 7) is 0. The van der Waals surface area contributed by atoms with Crippen LogP contribution in [0.15, 0.2) is 41.3 Å². The maximum Gasteiger partial charge on any atom is 0.136 e. The molecule has 5 heteroatoms. The lowest BCUT2D eigenvalue weighted by molar-refractivity contribution is 0.577. The molecule has 0 N–H and O–H groups in total. The monoisotopic (exact) mass is 279 g/mol. The molecule has 2 rings (SSSR count). The molecule has 0 bridgehead atoms. The Kier molecular flexibility index (Phi) is 4.13. The molecule has 1 nitrogen and oxygen atoms in total. The van der Waals surface area contributed by atoms with Crippen LogP contribution >= 0.6 is 11.8 Å². The number of nitrogens with zero attached hydrogens (tertiary/aromatic N) is 1. The first-order valence-corrected chi connectivity index (χ1v) is 6.35. The first kappa shape index (κ1) is 13.5. The second-order valence-electron chi connectivity index (χ2n) is 3.78. The number of hydrogen-bond donors (Lipinski definition) is 0. The van der Waals surface area contributed by atoms with Crippen LogP contribution in [0, 0.1) is 28.8 Å². The van der Waals surface area contributed by atoms with E-state index in [-0.39, 0.29) is 10.6 Å². The number of nitriles is 1. The summed E-state index contributed by atoms with van der Waals surface area (Å²) in [4.78, 5) is 0.133. The molecule has 0 aromatic heterocycles. The molecule has 2 aromatic carbocycles. The lowest BCUT2D eigenvalue weighted by atomic mass is 10.1. The lowest BCUT2D eigenvalue weighted by Crippen LogP contribution is -1.91. The molecule has 0 fully saturated rings. The summed E-state index contributed by atoms with van der Waals surface area (Å²) in [6.07, 6.45) is 0. The third-order valence-corrected chi connectivity index (χ3v) is 3.54. The molecular weight excluding hydrogens is 271 g/mol. The Morgan fingerprint density at radius 2 is 1.68 bits per heavy atom. The van der Waals surface area contributed by atoms with Gasteiger partial charge in [-0.3, -0.25) is 0 Å². The zero-order valence-corrected chi connectivity index (χ0v) is 10.5. The van der Waals surface area contributed by atoms with E-state index in [9.17, 15) is 13.2 Å². The lowest BCUT2D eigenvalue weighted by Gasteiger charge is -2.05. The fourth-order valence-electron chi connectivity index (χ4n) is 1.53. The second-order valence-corrected chi connectivity index (χ2v) is 4.79. The molecule has 0 heterocycles. The van der Waals surface area contributed by atoms with Crippen LogP contribution in [0.3, 0.4) is 0 Å². The molecule has 0 saturated carbocycles. The van der Waals surface area contributed by atoms with Crippen LogP contribution in [0.25, 0.3) is 0 Å². The highest BCUT2D eigenvalue weighted by atomic mass is 32.2. The average Bonchev–Trinajstić information content (AvgIpc) is 2.40. The van der Waals surface area contributed by atoms with Crippen molar-refractivity contribution in [3.63, 3.8) is 0 Å². The van der Waals surface area contributed by atoms with Crippen LogP contribution in [0.2, 0.25) is 0 Å². The number of benzene rings is 2. The molecule has 2 aromatic rings. The maximum atomic E-state index is 13.4. The van der Waals surface area contributed by atoms with Gasteiger partial charge in [0.25, 0.3) is 0 Å². The Morgan fingerprint density at radius 3 is 2.42 bits per heavy atom. The summed E-state index contributed by atoms with van der Waals surface area (Å²) in [5, 5.41) is 8.89. The summed E-state index contributed by atoms with van der Waals surface area (Å²) in [6, 6.07) is 8.86. The van der Waals surface area contributed by atoms with Gasteiger partial charge in [-0.2, -0.15) is 5.26 Å². The van der Waals surface area contributed by atoms with E-state index < -0.39 is 17.5 Å². The SMILES string of the molecule is N#Cc1ccc(F)cc1CSc1cc(F)ccc1F. The van der Waals surface area contributed by atoms with Gasteiger partial charge in [0.05, 0.1) is 11.6 Å². The predicted molar refractivity (Wildman–Crippen MR) is 67.0 cm³/mol. The molecular formula is C14H8F3NS.